The molecule has 2 rings (SSSR count). The third-order valence-electron chi connectivity index (χ3n) is 4.12. The maximum absolute atomic E-state index is 12.5. The minimum Gasteiger partial charge on any atom is -0.481 e. The van der Waals surface area contributed by atoms with Gasteiger partial charge in [-0.2, -0.15) is 0 Å². The van der Waals surface area contributed by atoms with Crippen LogP contribution in [0.3, 0.4) is 0 Å². The monoisotopic (exact) mass is 300 g/mol. The number of nitrogens with zero attached hydrogens (tertiary/aromatic N) is 2. The van der Waals surface area contributed by atoms with Crippen molar-refractivity contribution in [2.24, 2.45) is 5.92 Å². The summed E-state index contributed by atoms with van der Waals surface area (Å²) >= 11 is 0. The summed E-state index contributed by atoms with van der Waals surface area (Å²) in [6.07, 6.45) is 1.25. The Morgan fingerprint density at radius 3 is 2.67 bits per heavy atom. The first-order valence-electron chi connectivity index (χ1n) is 7.51. The molecule has 120 valence electrons. The average molecular weight is 300 g/mol. The van der Waals surface area contributed by atoms with Gasteiger partial charge < -0.3 is 24.7 Å². The number of hydrogen-bond acceptors (Lipinski definition) is 4. The molecular weight excluding hydrogens is 276 g/mol. The third-order valence-corrected chi connectivity index (χ3v) is 4.12. The van der Waals surface area contributed by atoms with E-state index in [2.05, 4.69) is 0 Å². The smallest absolute Gasteiger partial charge is 0.320 e. The molecule has 2 heterocycles. The molecule has 0 aromatic heterocycles. The first kappa shape index (κ1) is 16.0. The lowest BCUT2D eigenvalue weighted by Gasteiger charge is -2.38. The number of carboxylic acids is 1. The van der Waals surface area contributed by atoms with Crippen molar-refractivity contribution in [1.29, 1.82) is 0 Å². The summed E-state index contributed by atoms with van der Waals surface area (Å²) in [4.78, 5) is 26.6. The summed E-state index contributed by atoms with van der Waals surface area (Å²) in [6, 6.07) is -0.0265. The second-order valence-electron chi connectivity index (χ2n) is 5.97. The SMILES string of the molecule is CC1CN(C(=O)N2CCC(CCC(=O)O)C2)CC(CO)O1. The zero-order valence-electron chi connectivity index (χ0n) is 12.4. The molecule has 7 heteroatoms. The van der Waals surface area contributed by atoms with Crippen LogP contribution >= 0.6 is 0 Å². The second-order valence-corrected chi connectivity index (χ2v) is 5.97. The number of likely N-dealkylation sites (tertiary alicyclic amines) is 1. The first-order chi connectivity index (χ1) is 9.99. The van der Waals surface area contributed by atoms with E-state index in [0.717, 1.165) is 6.42 Å². The predicted molar refractivity (Wildman–Crippen MR) is 74.9 cm³/mol. The van der Waals surface area contributed by atoms with Crippen molar-refractivity contribution in [1.82, 2.24) is 9.80 Å². The molecule has 0 radical (unpaired) electrons. The number of rotatable bonds is 4. The fourth-order valence-corrected chi connectivity index (χ4v) is 3.07. The molecule has 0 aromatic rings. The number of carbonyl (C=O) groups excluding carboxylic acids is 1. The van der Waals surface area contributed by atoms with E-state index in [1.165, 1.54) is 0 Å². The Morgan fingerprint density at radius 1 is 1.24 bits per heavy atom. The molecule has 7 nitrogen and oxygen atoms in total. The van der Waals surface area contributed by atoms with Gasteiger partial charge in [0.15, 0.2) is 0 Å². The maximum atomic E-state index is 12.5. The van der Waals surface area contributed by atoms with Crippen LogP contribution in [0.2, 0.25) is 0 Å². The Morgan fingerprint density at radius 2 is 2.00 bits per heavy atom. The van der Waals surface area contributed by atoms with E-state index in [9.17, 15) is 14.7 Å². The zero-order valence-corrected chi connectivity index (χ0v) is 12.4. The zero-order chi connectivity index (χ0) is 15.4. The van der Waals surface area contributed by atoms with Crippen molar-refractivity contribution >= 4 is 12.0 Å². The highest BCUT2D eigenvalue weighted by molar-refractivity contribution is 5.75. The molecule has 0 aliphatic carbocycles. The molecule has 21 heavy (non-hydrogen) atoms. The van der Waals surface area contributed by atoms with Gasteiger partial charge in [-0.25, -0.2) is 4.79 Å². The van der Waals surface area contributed by atoms with Crippen molar-refractivity contribution < 1.29 is 24.5 Å². The number of ether oxygens (including phenoxy) is 1. The average Bonchev–Trinajstić information content (AvgIpc) is 2.92. The van der Waals surface area contributed by atoms with Crippen LogP contribution in [0.5, 0.6) is 0 Å². The van der Waals surface area contributed by atoms with Crippen LogP contribution in [0.15, 0.2) is 0 Å². The summed E-state index contributed by atoms with van der Waals surface area (Å²) in [7, 11) is 0. The van der Waals surface area contributed by atoms with E-state index in [4.69, 9.17) is 9.84 Å². The maximum Gasteiger partial charge on any atom is 0.320 e. The molecule has 2 N–H and O–H groups in total. The minimum absolute atomic E-state index is 0.0265. The van der Waals surface area contributed by atoms with Crippen molar-refractivity contribution in [2.75, 3.05) is 32.8 Å². The summed E-state index contributed by atoms with van der Waals surface area (Å²) in [5.41, 5.74) is 0. The van der Waals surface area contributed by atoms with Crippen LogP contribution in [0, 0.1) is 5.92 Å². The Kier molecular flexibility index (Phi) is 5.41. The lowest BCUT2D eigenvalue weighted by molar-refractivity contribution is -0.137. The van der Waals surface area contributed by atoms with Crippen LogP contribution in [0.25, 0.3) is 0 Å². The van der Waals surface area contributed by atoms with E-state index >= 15 is 0 Å². The van der Waals surface area contributed by atoms with Gasteiger partial charge in [0.05, 0.1) is 25.4 Å². The second kappa shape index (κ2) is 7.09. The van der Waals surface area contributed by atoms with Gasteiger partial charge in [0.1, 0.15) is 0 Å². The van der Waals surface area contributed by atoms with Crippen molar-refractivity contribution in [2.45, 2.75) is 38.4 Å². The van der Waals surface area contributed by atoms with Gasteiger partial charge in [-0.1, -0.05) is 0 Å². The summed E-state index contributed by atoms with van der Waals surface area (Å²) in [6.45, 7) is 4.05. The van der Waals surface area contributed by atoms with E-state index in [0.29, 0.717) is 32.6 Å². The van der Waals surface area contributed by atoms with Gasteiger partial charge in [-0.3, -0.25) is 4.79 Å². The topological polar surface area (TPSA) is 90.3 Å². The predicted octanol–water partition coefficient (Wildman–Crippen LogP) is 0.375. The molecule has 0 spiro atoms. The number of carboxylic acid groups (broad SMARTS) is 1. The van der Waals surface area contributed by atoms with Gasteiger partial charge in [0.2, 0.25) is 0 Å². The number of carbonyl (C=O) groups is 2. The molecule has 2 aliphatic heterocycles. The molecular formula is C14H24N2O5. The molecule has 3 unspecified atom stereocenters. The Labute approximate surface area is 124 Å². The fourth-order valence-electron chi connectivity index (χ4n) is 3.07. The van der Waals surface area contributed by atoms with E-state index < -0.39 is 5.97 Å². The highest BCUT2D eigenvalue weighted by Gasteiger charge is 2.33. The fraction of sp³-hybridized carbons (Fsp3) is 0.857. The summed E-state index contributed by atoms with van der Waals surface area (Å²) in [5, 5.41) is 17.9. The lowest BCUT2D eigenvalue weighted by Crippen LogP contribution is -2.53. The van der Waals surface area contributed by atoms with Crippen molar-refractivity contribution in [3.63, 3.8) is 0 Å². The van der Waals surface area contributed by atoms with Crippen LogP contribution in [0.4, 0.5) is 4.79 Å². The third kappa shape index (κ3) is 4.31. The van der Waals surface area contributed by atoms with E-state index in [-0.39, 0.29) is 37.2 Å². The first-order valence-corrected chi connectivity index (χ1v) is 7.51. The Balaban J connectivity index is 1.84. The number of amides is 2. The highest BCUT2D eigenvalue weighted by atomic mass is 16.5. The molecule has 0 aromatic carbocycles. The quantitative estimate of drug-likeness (QED) is 0.783. The van der Waals surface area contributed by atoms with Crippen molar-refractivity contribution in [3.8, 4) is 0 Å². The Bertz CT molecular complexity index is 390. The lowest BCUT2D eigenvalue weighted by atomic mass is 10.0. The summed E-state index contributed by atoms with van der Waals surface area (Å²) < 4.78 is 5.54. The number of aliphatic hydroxyl groups excluding tert-OH is 1. The largest absolute Gasteiger partial charge is 0.481 e. The molecule has 3 atom stereocenters. The van der Waals surface area contributed by atoms with E-state index in [1.54, 1.807) is 9.80 Å². The molecule has 2 amide bonds. The normalized spacial score (nSPS) is 29.7. The van der Waals surface area contributed by atoms with Gasteiger partial charge in [-0.15, -0.1) is 0 Å². The number of morpholine rings is 1. The Hall–Kier alpha value is -1.34. The van der Waals surface area contributed by atoms with Crippen LogP contribution in [-0.2, 0) is 9.53 Å². The molecule has 2 fully saturated rings. The highest BCUT2D eigenvalue weighted by Crippen LogP contribution is 2.23. The standard InChI is InChI=1S/C14H24N2O5/c1-10-6-16(8-12(9-17)21-10)14(20)15-5-4-11(7-15)2-3-13(18)19/h10-12,17H,2-9H2,1H3,(H,18,19). The molecule has 0 saturated carbocycles. The molecule has 2 saturated heterocycles. The van der Waals surface area contributed by atoms with Gasteiger partial charge in [-0.05, 0) is 25.7 Å². The van der Waals surface area contributed by atoms with Crippen LogP contribution in [0.1, 0.15) is 26.2 Å². The number of aliphatic hydroxyl groups is 1. The van der Waals surface area contributed by atoms with Crippen molar-refractivity contribution in [3.05, 3.63) is 0 Å². The van der Waals surface area contributed by atoms with Gasteiger partial charge in [0, 0.05) is 26.1 Å². The number of aliphatic carboxylic acids is 1. The van der Waals surface area contributed by atoms with Gasteiger partial charge >= 0.3 is 12.0 Å². The molecule has 0 bridgehead atoms. The summed E-state index contributed by atoms with van der Waals surface area (Å²) in [5.74, 6) is -0.510. The van der Waals surface area contributed by atoms with Gasteiger partial charge in [0.25, 0.3) is 0 Å². The number of urea groups is 1. The molecule has 2 aliphatic rings. The minimum atomic E-state index is -0.785. The number of hydrogen-bond donors (Lipinski definition) is 2. The van der Waals surface area contributed by atoms with Crippen LogP contribution < -0.4 is 0 Å². The van der Waals surface area contributed by atoms with Crippen LogP contribution in [-0.4, -0.2) is 77.0 Å². The van der Waals surface area contributed by atoms with E-state index in [1.807, 2.05) is 6.92 Å².